The van der Waals surface area contributed by atoms with Crippen molar-refractivity contribution in [3.05, 3.63) is 97.2 Å². The molecule has 30 nitrogen and oxygen atoms in total. The van der Waals surface area contributed by atoms with Crippen molar-refractivity contribution in [3.8, 4) is 0 Å². The van der Waals surface area contributed by atoms with E-state index in [1.165, 1.54) is 202 Å². The molecule has 13 aliphatic carbocycles. The molecule has 0 radical (unpaired) electrons. The molecule has 0 aliphatic heterocycles. The van der Waals surface area contributed by atoms with Crippen LogP contribution in [-0.2, 0) is 106 Å². The maximum absolute atomic E-state index is 11.7. The Morgan fingerprint density at radius 3 is 0.588 bits per heavy atom. The van der Waals surface area contributed by atoms with Gasteiger partial charge in [-0.1, -0.05) is 118 Å². The molecular formula is C109H196F6N8O22S3. The summed E-state index contributed by atoms with van der Waals surface area (Å²) in [7, 11) is 3.68. The Kier molecular flexibility index (Phi) is 81.8. The minimum atomic E-state index is -4.06. The molecule has 8 N–H and O–H groups in total. The second kappa shape index (κ2) is 82.4. The Balaban J connectivity index is -0.000000759. The fourth-order valence-corrected chi connectivity index (χ4v) is 17.5. The third-order valence-corrected chi connectivity index (χ3v) is 27.7. The summed E-state index contributed by atoms with van der Waals surface area (Å²) in [6, 6.07) is 0. The van der Waals surface area contributed by atoms with Gasteiger partial charge in [-0.2, -0.15) is 26.3 Å². The highest BCUT2D eigenvalue weighted by atomic mass is 32.2. The van der Waals surface area contributed by atoms with E-state index >= 15 is 0 Å². The van der Waals surface area contributed by atoms with E-state index in [1.807, 2.05) is 31.8 Å². The molecule has 13 saturated carbocycles. The number of hydrogen-bond donors (Lipinski definition) is 8. The first-order chi connectivity index (χ1) is 68.9. The highest BCUT2D eigenvalue weighted by molar-refractivity contribution is 7.89. The number of alkyl halides is 6. The molecule has 6 unspecified atom stereocenters. The Morgan fingerprint density at radius 1 is 0.270 bits per heavy atom. The van der Waals surface area contributed by atoms with Gasteiger partial charge in [0.2, 0.25) is 30.1 Å². The maximum Gasteiger partial charge on any atom is 0.401 e. The van der Waals surface area contributed by atoms with Gasteiger partial charge in [0.05, 0.1) is 31.9 Å². The zero-order chi connectivity index (χ0) is 114. The summed E-state index contributed by atoms with van der Waals surface area (Å²) in [5.41, 5.74) is 3.97. The third-order valence-electron chi connectivity index (χ3n) is 25.5. The van der Waals surface area contributed by atoms with Crippen LogP contribution in [0.4, 0.5) is 26.3 Å². The SMILES string of the molecule is C=C(C)C(=O)OC12CC3CC(CC(C3)C1)C2.C=C(C)C(=O)OC1CC2CCC1C2.C=C(C)C(=O)OC1CC2CCC1C2.C=C(C)C(=O)OC1CCCC1.C=C(C)C(=O)OC1CCCCC1.C=C(C)C(=O)OC1CCCCC1.C=C(C)C(=O)OC1CCCCCC1.C=C(C)C(=O)OC1CCCCCCC1.CCNC.CCNC.CCNC.CNCC(F)(F)F.CNCC(F)(F)F.CNS(C)(=O)=O.CNS(C)(=O)=O.CNS(C)(=O)=O. The fraction of sp³-hybridized carbons (Fsp3) is 0.780. The van der Waals surface area contributed by atoms with Crippen LogP contribution in [-0.4, -0.2) is 242 Å². The van der Waals surface area contributed by atoms with Crippen LogP contribution in [0.1, 0.15) is 339 Å². The predicted octanol–water partition coefficient (Wildman–Crippen LogP) is 20.3. The summed E-state index contributed by atoms with van der Waals surface area (Å²) < 4.78 is 174. The number of fused-ring (bicyclic) bond motifs is 4. The largest absolute Gasteiger partial charge is 0.459 e. The van der Waals surface area contributed by atoms with Crippen LogP contribution in [0.15, 0.2) is 97.2 Å². The topological polar surface area (TPSA) is 409 Å². The van der Waals surface area contributed by atoms with Crippen LogP contribution in [0.5, 0.6) is 0 Å². The van der Waals surface area contributed by atoms with Crippen LogP contribution < -0.4 is 40.8 Å². The van der Waals surface area contributed by atoms with Gasteiger partial charge >= 0.3 is 60.1 Å². The highest BCUT2D eigenvalue weighted by Crippen LogP contribution is 2.57. The summed E-state index contributed by atoms with van der Waals surface area (Å²) in [6.07, 6.45) is 44.9. The van der Waals surface area contributed by atoms with Crippen LogP contribution >= 0.6 is 0 Å². The lowest BCUT2D eigenvalue weighted by Crippen LogP contribution is -2.52. The molecule has 0 aromatic carbocycles. The molecule has 8 bridgehead atoms. The van der Waals surface area contributed by atoms with E-state index in [0.29, 0.717) is 56.4 Å². The summed E-state index contributed by atoms with van der Waals surface area (Å²) in [5.74, 6) is 3.65. The van der Waals surface area contributed by atoms with E-state index in [9.17, 15) is 90.0 Å². The zero-order valence-electron chi connectivity index (χ0n) is 94.2. The Bertz CT molecular complexity index is 3980. The second-order valence-corrected chi connectivity index (χ2v) is 46.2. The fourth-order valence-electron chi connectivity index (χ4n) is 17.5. The lowest BCUT2D eigenvalue weighted by Gasteiger charge is -2.55. The van der Waals surface area contributed by atoms with Crippen molar-refractivity contribution in [1.82, 2.24) is 40.8 Å². The molecule has 0 heterocycles. The van der Waals surface area contributed by atoms with E-state index in [2.05, 4.69) is 104 Å². The van der Waals surface area contributed by atoms with Gasteiger partial charge in [-0.15, -0.1) is 0 Å². The second-order valence-electron chi connectivity index (χ2n) is 40.3. The van der Waals surface area contributed by atoms with E-state index in [0.717, 1.165) is 164 Å². The number of ether oxygens (including phenoxy) is 8. The van der Waals surface area contributed by atoms with Gasteiger partial charge in [0.1, 0.15) is 48.3 Å². The molecule has 39 heteroatoms. The number of sulfonamides is 3. The van der Waals surface area contributed by atoms with E-state index in [-0.39, 0.29) is 96.1 Å². The van der Waals surface area contributed by atoms with Crippen LogP contribution in [0.2, 0.25) is 0 Å². The number of halogens is 6. The molecule has 864 valence electrons. The molecular weight excluding hydrogens is 1980 g/mol. The standard InChI is InChI=1S/C14H20O2.C12H20O2.2C11H16O2.C11H18O2.2C10H16O2.C9H14O2.2C3H6F3N.3C3H9N.3C2H7NO2S/c1-9(2)13(15)16-14-6-10-3-11(7-14)5-12(4-10)8-14;1-10(2)12(13)14-11-8-6-4-3-5-7-9-11;2*1-7(2)11(12)13-10-6-8-3-4-9(10)5-8;1-9(2)11(12)13-10-7-5-3-4-6-8-10;2*1-8(2)10(11)12-9-6-4-3-5-7-9;1-7(2)9(10)11-8-5-3-4-6-8;2*1-7-2-3(4,5)6;3*1-3-4-2;3*1-3-6(2,4)5/h10-12H,1,3-8H2,2H3;11H,1,3-9H2,2H3;2*8-10H,1,3-6H2,2H3;10H,1,3-8H2,2H3;2*9H,1,3-7H2,2H3;8H,1,3-6H2,2H3;2*7H,2H2,1H3;3*4H,3H2,1-2H3;3*3H,1-2H3. The van der Waals surface area contributed by atoms with Crippen molar-refractivity contribution < 1.29 is 128 Å². The van der Waals surface area contributed by atoms with Gasteiger partial charge in [-0.05, 0) is 391 Å². The number of hydrogen-bond acceptors (Lipinski definition) is 27. The quantitative estimate of drug-likeness (QED) is 0.0146. The smallest absolute Gasteiger partial charge is 0.401 e. The number of rotatable bonds is 24. The first-order valence-electron chi connectivity index (χ1n) is 52.9. The van der Waals surface area contributed by atoms with Crippen molar-refractivity contribution in [2.75, 3.05) is 108 Å². The Hall–Kier alpha value is -7.21. The van der Waals surface area contributed by atoms with E-state index in [4.69, 9.17) is 37.9 Å². The lowest BCUT2D eigenvalue weighted by atomic mass is 9.54. The number of carbonyl (C=O) groups is 8. The third kappa shape index (κ3) is 80.6. The number of carbonyl (C=O) groups excluding carboxylic acids is 8. The first kappa shape index (κ1) is 147. The van der Waals surface area contributed by atoms with Crippen molar-refractivity contribution in [2.45, 2.75) is 400 Å². The van der Waals surface area contributed by atoms with Gasteiger partial charge in [0, 0.05) is 44.6 Å². The molecule has 0 spiro atoms. The van der Waals surface area contributed by atoms with Gasteiger partial charge < -0.3 is 64.5 Å². The van der Waals surface area contributed by atoms with Crippen molar-refractivity contribution >= 4 is 77.8 Å². The molecule has 0 aromatic rings. The highest BCUT2D eigenvalue weighted by Gasteiger charge is 2.53. The van der Waals surface area contributed by atoms with Gasteiger partial charge in [-0.25, -0.2) is 77.8 Å². The van der Waals surface area contributed by atoms with Crippen molar-refractivity contribution in [1.29, 1.82) is 0 Å². The monoisotopic (exact) mass is 2180 g/mol. The van der Waals surface area contributed by atoms with Gasteiger partial charge in [-0.3, -0.25) is 0 Å². The number of nitrogens with one attached hydrogen (secondary N) is 8. The molecule has 6 atom stereocenters. The zero-order valence-corrected chi connectivity index (χ0v) is 96.7. The Morgan fingerprint density at radius 2 is 0.446 bits per heavy atom. The van der Waals surface area contributed by atoms with Gasteiger partial charge in [0.15, 0.2) is 0 Å². The summed E-state index contributed by atoms with van der Waals surface area (Å²) in [4.78, 5) is 89.9. The molecule has 13 aliphatic rings. The maximum atomic E-state index is 11.7. The first-order valence-corrected chi connectivity index (χ1v) is 58.6. The molecule has 13 fully saturated rings. The molecule has 0 aromatic heterocycles. The van der Waals surface area contributed by atoms with Gasteiger partial charge in [0.25, 0.3) is 0 Å². The van der Waals surface area contributed by atoms with Crippen LogP contribution in [0, 0.1) is 41.4 Å². The van der Waals surface area contributed by atoms with Crippen molar-refractivity contribution in [3.63, 3.8) is 0 Å². The summed E-state index contributed by atoms with van der Waals surface area (Å²) >= 11 is 0. The van der Waals surface area contributed by atoms with E-state index < -0.39 is 55.5 Å². The van der Waals surface area contributed by atoms with Crippen LogP contribution in [0.25, 0.3) is 0 Å². The summed E-state index contributed by atoms with van der Waals surface area (Å²) in [6.45, 7) is 49.8. The number of esters is 8. The minimum absolute atomic E-state index is 0.106. The van der Waals surface area contributed by atoms with Crippen LogP contribution in [0.3, 0.4) is 0 Å². The Labute approximate surface area is 888 Å². The summed E-state index contributed by atoms with van der Waals surface area (Å²) in [5, 5.41) is 12.8. The normalized spacial score (nSPS) is 22.3. The molecule has 0 amide bonds. The molecule has 13 rings (SSSR count). The lowest BCUT2D eigenvalue weighted by molar-refractivity contribution is -0.182. The minimum Gasteiger partial charge on any atom is -0.459 e. The average molecular weight is 2180 g/mol. The molecule has 0 saturated heterocycles. The molecule has 148 heavy (non-hydrogen) atoms. The van der Waals surface area contributed by atoms with Crippen molar-refractivity contribution in [2.24, 2.45) is 41.4 Å². The average Bonchev–Trinajstić information content (AvgIpc) is 1.25. The predicted molar refractivity (Wildman–Crippen MR) is 581 cm³/mol. The van der Waals surface area contributed by atoms with E-state index in [1.54, 1.807) is 55.4 Å².